The van der Waals surface area contributed by atoms with E-state index >= 15 is 0 Å². The average Bonchev–Trinajstić information content (AvgIpc) is 2.38. The largest absolute Gasteiger partial charge is 0.547 e. The van der Waals surface area contributed by atoms with E-state index in [1.54, 1.807) is 0 Å². The van der Waals surface area contributed by atoms with Crippen LogP contribution in [-0.4, -0.2) is 14.1 Å². The predicted molar refractivity (Wildman–Crippen MR) is 80.6 cm³/mol. The van der Waals surface area contributed by atoms with Crippen molar-refractivity contribution in [2.45, 2.75) is 38.9 Å². The lowest BCUT2D eigenvalue weighted by atomic mass is 9.87. The Bertz CT molecular complexity index is 471. The third-order valence-electron chi connectivity index (χ3n) is 3.18. The highest BCUT2D eigenvalue weighted by atomic mass is 28.4. The van der Waals surface area contributed by atoms with Crippen molar-refractivity contribution in [1.82, 2.24) is 0 Å². The van der Waals surface area contributed by atoms with Gasteiger partial charge in [-0.15, -0.1) is 0 Å². The van der Waals surface area contributed by atoms with Crippen LogP contribution in [0.5, 0.6) is 0 Å². The van der Waals surface area contributed by atoms with Crippen LogP contribution in [0, 0.1) is 5.92 Å². The Balaban J connectivity index is 2.20. The Hall–Kier alpha value is -1.35. The maximum Gasteiger partial charge on any atom is 0.241 e. The molecule has 0 saturated heterocycles. The first kappa shape index (κ1) is 14.1. The minimum Gasteiger partial charge on any atom is -0.547 e. The van der Waals surface area contributed by atoms with E-state index in [2.05, 4.69) is 25.7 Å². The maximum atomic E-state index is 12.6. The maximum absolute atomic E-state index is 12.6. The van der Waals surface area contributed by atoms with Gasteiger partial charge in [-0.3, -0.25) is 4.79 Å². The molecule has 1 aliphatic rings. The molecule has 2 nitrogen and oxygen atoms in total. The lowest BCUT2D eigenvalue weighted by Crippen LogP contribution is -2.31. The van der Waals surface area contributed by atoms with Gasteiger partial charge in [-0.2, -0.15) is 0 Å². The van der Waals surface area contributed by atoms with Crippen molar-refractivity contribution in [3.63, 3.8) is 0 Å². The molecule has 0 amide bonds. The third-order valence-corrected chi connectivity index (χ3v) is 4.03. The van der Waals surface area contributed by atoms with Gasteiger partial charge in [-0.05, 0) is 45.0 Å². The summed E-state index contributed by atoms with van der Waals surface area (Å²) in [7, 11) is -1.65. The predicted octanol–water partition coefficient (Wildman–Crippen LogP) is 4.40. The molecule has 1 aromatic carbocycles. The highest BCUT2D eigenvalue weighted by Gasteiger charge is 2.30. The Morgan fingerprint density at radius 3 is 2.53 bits per heavy atom. The van der Waals surface area contributed by atoms with Gasteiger partial charge in [0, 0.05) is 5.56 Å². The van der Waals surface area contributed by atoms with Crippen molar-refractivity contribution in [1.29, 1.82) is 0 Å². The number of carbonyl (C=O) groups excluding carboxylic acids is 1. The van der Waals surface area contributed by atoms with Gasteiger partial charge in [0.2, 0.25) is 8.32 Å². The van der Waals surface area contributed by atoms with Crippen LogP contribution in [0.15, 0.2) is 42.2 Å². The molecule has 0 spiro atoms. The molecule has 0 aromatic heterocycles. The first-order valence-corrected chi connectivity index (χ1v) is 10.4. The first-order chi connectivity index (χ1) is 8.97. The van der Waals surface area contributed by atoms with Crippen molar-refractivity contribution in [2.75, 3.05) is 0 Å². The van der Waals surface area contributed by atoms with E-state index in [4.69, 9.17) is 4.43 Å². The van der Waals surface area contributed by atoms with E-state index in [-0.39, 0.29) is 11.7 Å². The highest BCUT2D eigenvalue weighted by Crippen LogP contribution is 2.30. The summed E-state index contributed by atoms with van der Waals surface area (Å²) in [4.78, 5) is 12.6. The van der Waals surface area contributed by atoms with E-state index in [1.807, 2.05) is 30.3 Å². The molecule has 3 heteroatoms. The fourth-order valence-corrected chi connectivity index (χ4v) is 3.31. The second-order valence-electron chi connectivity index (χ2n) is 6.03. The van der Waals surface area contributed by atoms with E-state index in [0.717, 1.165) is 30.6 Å². The molecule has 102 valence electrons. The monoisotopic (exact) mass is 274 g/mol. The number of rotatable bonds is 4. The molecule has 0 heterocycles. The van der Waals surface area contributed by atoms with E-state index in [9.17, 15) is 4.79 Å². The fraction of sp³-hybridized carbons (Fsp3) is 0.438. The molecule has 19 heavy (non-hydrogen) atoms. The van der Waals surface area contributed by atoms with Crippen molar-refractivity contribution in [2.24, 2.45) is 5.92 Å². The molecular weight excluding hydrogens is 252 g/mol. The van der Waals surface area contributed by atoms with Gasteiger partial charge in [0.25, 0.3) is 0 Å². The zero-order valence-electron chi connectivity index (χ0n) is 12.0. The zero-order chi connectivity index (χ0) is 13.9. The first-order valence-electron chi connectivity index (χ1n) is 6.96. The molecule has 0 bridgehead atoms. The summed E-state index contributed by atoms with van der Waals surface area (Å²) in [5.74, 6) is 1.03. The van der Waals surface area contributed by atoms with Crippen molar-refractivity contribution in [3.05, 3.63) is 47.7 Å². The second-order valence-corrected chi connectivity index (χ2v) is 10.5. The normalized spacial score (nSPS) is 19.7. The molecular formula is C16H22O2Si. The molecule has 1 unspecified atom stereocenters. The summed E-state index contributed by atoms with van der Waals surface area (Å²) in [6.45, 7) is 6.48. The Morgan fingerprint density at radius 2 is 1.89 bits per heavy atom. The van der Waals surface area contributed by atoms with Crippen LogP contribution in [0.4, 0.5) is 0 Å². The number of allylic oxidation sites excluding steroid dienone is 2. The van der Waals surface area contributed by atoms with Crippen molar-refractivity contribution >= 4 is 14.1 Å². The number of ketones is 1. The standard InChI is InChI=1S/C16H22O2Si/c1-19(2,3)18-15-12-8-7-11-14(15)16(17)13-9-5-4-6-10-13/h4-6,9-10,12,14H,7-8,11H2,1-3H3. The molecule has 1 aromatic rings. The Kier molecular flexibility index (Phi) is 4.25. The van der Waals surface area contributed by atoms with Crippen LogP contribution in [0.2, 0.25) is 19.6 Å². The molecule has 0 N–H and O–H groups in total. The van der Waals surface area contributed by atoms with Gasteiger partial charge in [-0.25, -0.2) is 0 Å². The molecule has 0 fully saturated rings. The zero-order valence-corrected chi connectivity index (χ0v) is 13.0. The number of hydrogen-bond acceptors (Lipinski definition) is 2. The molecule has 2 rings (SSSR count). The van der Waals surface area contributed by atoms with Crippen LogP contribution >= 0.6 is 0 Å². The van der Waals surface area contributed by atoms with Crippen LogP contribution < -0.4 is 0 Å². The summed E-state index contributed by atoms with van der Waals surface area (Å²) in [6.07, 6.45) is 5.12. The quantitative estimate of drug-likeness (QED) is 0.600. The lowest BCUT2D eigenvalue weighted by Gasteiger charge is -2.29. The molecule has 0 radical (unpaired) electrons. The topological polar surface area (TPSA) is 26.3 Å². The van der Waals surface area contributed by atoms with E-state index in [0.29, 0.717) is 0 Å². The highest BCUT2D eigenvalue weighted by molar-refractivity contribution is 6.70. The number of Topliss-reactive ketones (excluding diaryl/α,β-unsaturated/α-hetero) is 1. The minimum atomic E-state index is -1.65. The molecule has 1 atom stereocenters. The number of hydrogen-bond donors (Lipinski definition) is 0. The SMILES string of the molecule is C[Si](C)(C)OC1=CCCCC1C(=O)c1ccccc1. The van der Waals surface area contributed by atoms with Crippen molar-refractivity contribution < 1.29 is 9.22 Å². The number of carbonyl (C=O) groups is 1. The van der Waals surface area contributed by atoms with Gasteiger partial charge >= 0.3 is 0 Å². The van der Waals surface area contributed by atoms with Gasteiger partial charge in [0.1, 0.15) is 0 Å². The van der Waals surface area contributed by atoms with Gasteiger partial charge < -0.3 is 4.43 Å². The van der Waals surface area contributed by atoms with Gasteiger partial charge in [0.15, 0.2) is 5.78 Å². The molecule has 0 aliphatic heterocycles. The summed E-state index contributed by atoms with van der Waals surface area (Å²) in [5.41, 5.74) is 0.791. The van der Waals surface area contributed by atoms with Crippen molar-refractivity contribution in [3.8, 4) is 0 Å². The van der Waals surface area contributed by atoms with E-state index < -0.39 is 8.32 Å². The molecule has 1 aliphatic carbocycles. The third kappa shape index (κ3) is 3.80. The van der Waals surface area contributed by atoms with Crippen LogP contribution in [0.1, 0.15) is 29.6 Å². The summed E-state index contributed by atoms with van der Waals surface area (Å²) in [6, 6.07) is 9.55. The Labute approximate surface area is 116 Å². The summed E-state index contributed by atoms with van der Waals surface area (Å²) < 4.78 is 6.11. The number of benzene rings is 1. The summed E-state index contributed by atoms with van der Waals surface area (Å²) >= 11 is 0. The summed E-state index contributed by atoms with van der Waals surface area (Å²) in [5, 5.41) is 0. The van der Waals surface area contributed by atoms with Gasteiger partial charge in [-0.1, -0.05) is 30.3 Å². The molecule has 0 saturated carbocycles. The van der Waals surface area contributed by atoms with Crippen LogP contribution in [-0.2, 0) is 4.43 Å². The fourth-order valence-electron chi connectivity index (χ4n) is 2.38. The Morgan fingerprint density at radius 1 is 1.21 bits per heavy atom. The minimum absolute atomic E-state index is 0.0807. The average molecular weight is 274 g/mol. The lowest BCUT2D eigenvalue weighted by molar-refractivity contribution is 0.0903. The second kappa shape index (κ2) is 5.74. The van der Waals surface area contributed by atoms with Crippen LogP contribution in [0.25, 0.3) is 0 Å². The van der Waals surface area contributed by atoms with E-state index in [1.165, 1.54) is 0 Å². The van der Waals surface area contributed by atoms with Gasteiger partial charge in [0.05, 0.1) is 11.7 Å². The van der Waals surface area contributed by atoms with Crippen LogP contribution in [0.3, 0.4) is 0 Å². The smallest absolute Gasteiger partial charge is 0.241 e.